The summed E-state index contributed by atoms with van der Waals surface area (Å²) in [5.74, 6) is -1.40. The maximum Gasteiger partial charge on any atom is 0.377 e. The van der Waals surface area contributed by atoms with Crippen LogP contribution >= 0.6 is 0 Å². The molecule has 2 heterocycles. The molecule has 1 aromatic carbocycles. The van der Waals surface area contributed by atoms with Crippen LogP contribution in [-0.2, 0) is 28.6 Å². The number of nitrogens with two attached hydrogens (primary N) is 1. The van der Waals surface area contributed by atoms with Crippen LogP contribution in [0.15, 0.2) is 28.7 Å². The summed E-state index contributed by atoms with van der Waals surface area (Å²) in [6.45, 7) is 4.51. The smallest absolute Gasteiger partial charge is 0.377 e. The number of benzene rings is 1. The Hall–Kier alpha value is -3.51. The van der Waals surface area contributed by atoms with Crippen LogP contribution in [0.25, 0.3) is 11.0 Å². The van der Waals surface area contributed by atoms with Crippen LogP contribution in [0.3, 0.4) is 0 Å². The molecule has 1 aliphatic heterocycles. The van der Waals surface area contributed by atoms with Crippen molar-refractivity contribution in [2.45, 2.75) is 96.7 Å². The number of carbonyl (C=O) groups excluding carboxylic acids is 4. The summed E-state index contributed by atoms with van der Waals surface area (Å²) in [6, 6.07) is 5.45. The Morgan fingerprint density at radius 2 is 1.71 bits per heavy atom. The van der Waals surface area contributed by atoms with E-state index in [1.54, 1.807) is 51.0 Å². The summed E-state index contributed by atoms with van der Waals surface area (Å²) >= 11 is 0. The van der Waals surface area contributed by atoms with Crippen molar-refractivity contribution >= 4 is 40.4 Å². The van der Waals surface area contributed by atoms with Gasteiger partial charge in [0.15, 0.2) is 0 Å². The molecular formula is C36H50FN3O8. The molecule has 264 valence electrons. The van der Waals surface area contributed by atoms with Gasteiger partial charge in [0.1, 0.15) is 18.3 Å². The fourth-order valence-corrected chi connectivity index (χ4v) is 7.66. The van der Waals surface area contributed by atoms with Crippen LogP contribution in [0.4, 0.5) is 10.1 Å². The molecule has 3 fully saturated rings. The van der Waals surface area contributed by atoms with E-state index in [-0.39, 0.29) is 41.4 Å². The minimum Gasteiger partial charge on any atom is -0.449 e. The number of amides is 2. The molecule has 3 atom stereocenters. The Labute approximate surface area is 281 Å². The highest BCUT2D eigenvalue weighted by Crippen LogP contribution is 2.42. The molecular weight excluding hydrogens is 621 g/mol. The fourth-order valence-electron chi connectivity index (χ4n) is 7.66. The zero-order valence-corrected chi connectivity index (χ0v) is 28.5. The summed E-state index contributed by atoms with van der Waals surface area (Å²) in [5.41, 5.74) is 6.16. The van der Waals surface area contributed by atoms with Crippen LogP contribution in [0.1, 0.15) is 89.1 Å². The van der Waals surface area contributed by atoms with E-state index in [2.05, 4.69) is 5.32 Å². The van der Waals surface area contributed by atoms with Gasteiger partial charge in [-0.2, -0.15) is 0 Å². The van der Waals surface area contributed by atoms with Gasteiger partial charge in [-0.05, 0) is 121 Å². The molecule has 11 nitrogen and oxygen atoms in total. The molecule has 0 spiro atoms. The highest BCUT2D eigenvalue weighted by molar-refractivity contribution is 6.00. The molecule has 1 saturated heterocycles. The van der Waals surface area contributed by atoms with Crippen LogP contribution in [0.2, 0.25) is 0 Å². The summed E-state index contributed by atoms with van der Waals surface area (Å²) in [5, 5.41) is 3.62. The highest BCUT2D eigenvalue weighted by Gasteiger charge is 2.47. The van der Waals surface area contributed by atoms with Gasteiger partial charge in [0.2, 0.25) is 24.4 Å². The third-order valence-electron chi connectivity index (χ3n) is 10.5. The molecule has 2 aromatic rings. The number of hydrogen-bond acceptors (Lipinski definition) is 9. The van der Waals surface area contributed by atoms with Crippen LogP contribution < -0.4 is 11.1 Å². The standard InChI is InChI=1S/C36H50FN3O8/c1-36(2,3)35(44)47-20-46-34(43)30-18-24-17-25(11-14-29(24)48-30)39-32(41)31-27(21-9-12-26(45-4)13-10-21)15-16-40(31)33(42)23-7-5-22(6-8-23)28(38)19-37/h11,14,17-18,21-23,26-28,31H,5-10,12-13,15-16,19-20,38H2,1-4H3,(H,39,41)/t21?,22?,23?,26?,27-,28+,31-/m0/s1. The molecule has 0 radical (unpaired) electrons. The maximum atomic E-state index is 14.1. The van der Waals surface area contributed by atoms with Crippen molar-refractivity contribution in [3.05, 3.63) is 30.0 Å². The van der Waals surface area contributed by atoms with Crippen LogP contribution in [0.5, 0.6) is 0 Å². The van der Waals surface area contributed by atoms with E-state index in [0.717, 1.165) is 32.1 Å². The third-order valence-corrected chi connectivity index (χ3v) is 10.5. The number of likely N-dealkylation sites (tertiary alicyclic amines) is 1. The Balaban J connectivity index is 1.28. The Morgan fingerprint density at radius 3 is 2.35 bits per heavy atom. The Morgan fingerprint density at radius 1 is 1.00 bits per heavy atom. The minimum atomic E-state index is -0.787. The average Bonchev–Trinajstić information content (AvgIpc) is 3.72. The first-order chi connectivity index (χ1) is 22.9. The molecule has 0 unspecified atom stereocenters. The predicted octanol–water partition coefficient (Wildman–Crippen LogP) is 5.60. The van der Waals surface area contributed by atoms with Crippen molar-refractivity contribution in [2.75, 3.05) is 32.4 Å². The number of halogens is 1. The average molecular weight is 672 g/mol. The number of hydrogen-bond donors (Lipinski definition) is 2. The lowest BCUT2D eigenvalue weighted by Crippen LogP contribution is -2.50. The molecule has 3 aliphatic rings. The topological polar surface area (TPSA) is 150 Å². The minimum absolute atomic E-state index is 0.00267. The molecule has 2 saturated carbocycles. The molecule has 2 aliphatic carbocycles. The quantitative estimate of drug-likeness (QED) is 0.243. The number of carbonyl (C=O) groups is 4. The van der Waals surface area contributed by atoms with Gasteiger partial charge in [-0.3, -0.25) is 14.4 Å². The zero-order chi connectivity index (χ0) is 34.6. The number of methoxy groups -OCH3 is 1. The van der Waals surface area contributed by atoms with Gasteiger partial charge in [-0.1, -0.05) is 0 Å². The van der Waals surface area contributed by atoms with E-state index in [0.29, 0.717) is 54.8 Å². The first-order valence-corrected chi connectivity index (χ1v) is 17.2. The second kappa shape index (κ2) is 15.4. The third kappa shape index (κ3) is 8.19. The second-order valence-corrected chi connectivity index (χ2v) is 14.7. The lowest BCUT2D eigenvalue weighted by molar-refractivity contribution is -0.161. The Bertz CT molecular complexity index is 1450. The maximum absolute atomic E-state index is 14.1. The van der Waals surface area contributed by atoms with Gasteiger partial charge in [0.05, 0.1) is 11.5 Å². The number of nitrogens with one attached hydrogen (secondary N) is 1. The van der Waals surface area contributed by atoms with Crippen molar-refractivity contribution in [3.8, 4) is 0 Å². The SMILES string of the molecule is COC1CCC([C@@H]2CCN(C(=O)C3CCC([C@H](N)CF)CC3)[C@@H]2C(=O)Nc2ccc3oc(C(=O)OCOC(=O)C(C)(C)C)cc3c2)CC1. The van der Waals surface area contributed by atoms with Crippen LogP contribution in [0, 0.1) is 29.1 Å². The van der Waals surface area contributed by atoms with Gasteiger partial charge in [-0.15, -0.1) is 0 Å². The van der Waals surface area contributed by atoms with Crippen molar-refractivity contribution in [3.63, 3.8) is 0 Å². The van der Waals surface area contributed by atoms with E-state index in [9.17, 15) is 23.6 Å². The number of furan rings is 1. The molecule has 48 heavy (non-hydrogen) atoms. The van der Waals surface area contributed by atoms with Crippen molar-refractivity contribution in [1.82, 2.24) is 4.90 Å². The molecule has 1 aromatic heterocycles. The fraction of sp³-hybridized carbons (Fsp3) is 0.667. The number of nitrogens with zero attached hydrogens (tertiary/aromatic N) is 1. The van der Waals surface area contributed by atoms with Gasteiger partial charge >= 0.3 is 11.9 Å². The summed E-state index contributed by atoms with van der Waals surface area (Å²) in [6.07, 6.45) is 7.43. The molecule has 0 bridgehead atoms. The highest BCUT2D eigenvalue weighted by atomic mass is 19.1. The van der Waals surface area contributed by atoms with E-state index >= 15 is 0 Å². The largest absolute Gasteiger partial charge is 0.449 e. The number of esters is 2. The predicted molar refractivity (Wildman–Crippen MR) is 176 cm³/mol. The lowest BCUT2D eigenvalue weighted by atomic mass is 9.75. The number of ether oxygens (including phenoxy) is 3. The first kappa shape index (κ1) is 35.8. The number of alkyl halides is 1. The molecule has 12 heteroatoms. The van der Waals surface area contributed by atoms with Gasteiger partial charge in [-0.25, -0.2) is 9.18 Å². The summed E-state index contributed by atoms with van der Waals surface area (Å²) in [4.78, 5) is 54.4. The van der Waals surface area contributed by atoms with Crippen molar-refractivity contribution < 1.29 is 42.2 Å². The summed E-state index contributed by atoms with van der Waals surface area (Å²) in [7, 11) is 1.74. The number of fused-ring (bicyclic) bond motifs is 1. The molecule has 2 amide bonds. The molecule has 5 rings (SSSR count). The van der Waals surface area contributed by atoms with Gasteiger partial charge in [0, 0.05) is 36.7 Å². The monoisotopic (exact) mass is 671 g/mol. The van der Waals surface area contributed by atoms with E-state index in [4.69, 9.17) is 24.4 Å². The second-order valence-electron chi connectivity index (χ2n) is 14.7. The lowest BCUT2D eigenvalue weighted by Gasteiger charge is -2.37. The Kier molecular flexibility index (Phi) is 11.5. The van der Waals surface area contributed by atoms with Crippen molar-refractivity contribution in [1.29, 1.82) is 0 Å². The number of rotatable bonds is 10. The van der Waals surface area contributed by atoms with Gasteiger partial charge < -0.3 is 34.6 Å². The van der Waals surface area contributed by atoms with E-state index < -0.39 is 42.9 Å². The van der Waals surface area contributed by atoms with E-state index in [1.807, 2.05) is 0 Å². The van der Waals surface area contributed by atoms with Crippen molar-refractivity contribution in [2.24, 2.45) is 34.8 Å². The number of anilines is 1. The summed E-state index contributed by atoms with van der Waals surface area (Å²) < 4.78 is 34.5. The van der Waals surface area contributed by atoms with Gasteiger partial charge in [0.25, 0.3) is 0 Å². The van der Waals surface area contributed by atoms with Crippen LogP contribution in [-0.4, -0.2) is 74.0 Å². The normalized spacial score (nSPS) is 27.0. The zero-order valence-electron chi connectivity index (χ0n) is 28.5. The first-order valence-electron chi connectivity index (χ1n) is 17.2. The van der Waals surface area contributed by atoms with E-state index in [1.165, 1.54) is 6.07 Å². The molecule has 3 N–H and O–H groups in total.